The highest BCUT2D eigenvalue weighted by Crippen LogP contribution is 2.32. The normalized spacial score (nSPS) is 12.0. The molecule has 1 unspecified atom stereocenters. The fourth-order valence-corrected chi connectivity index (χ4v) is 1.88. The highest BCUT2D eigenvalue weighted by Gasteiger charge is 2.15. The molecule has 0 aliphatic carbocycles. The maximum absolute atomic E-state index is 14.0. The van der Waals surface area contributed by atoms with E-state index in [9.17, 15) is 14.5 Å². The van der Waals surface area contributed by atoms with E-state index >= 15 is 0 Å². The molecule has 0 amide bonds. The molecule has 0 radical (unpaired) electrons. The van der Waals surface area contributed by atoms with Gasteiger partial charge in [-0.2, -0.15) is 0 Å². The monoisotopic (exact) mass is 290 g/mol. The van der Waals surface area contributed by atoms with Gasteiger partial charge in [0.2, 0.25) is 0 Å². The van der Waals surface area contributed by atoms with Crippen LogP contribution < -0.4 is 10.1 Å². The summed E-state index contributed by atoms with van der Waals surface area (Å²) in [7, 11) is 1.77. The van der Waals surface area contributed by atoms with Gasteiger partial charge in [0.15, 0.2) is 11.6 Å². The first-order chi connectivity index (χ1) is 10.0. The molecule has 110 valence electrons. The number of ether oxygens (including phenoxy) is 1. The minimum atomic E-state index is -0.499. The first kappa shape index (κ1) is 14.9. The first-order valence-corrected chi connectivity index (χ1v) is 6.41. The van der Waals surface area contributed by atoms with Crippen molar-refractivity contribution in [1.82, 2.24) is 5.32 Å². The molecule has 0 saturated heterocycles. The van der Waals surface area contributed by atoms with E-state index in [0.29, 0.717) is 11.3 Å². The van der Waals surface area contributed by atoms with E-state index in [2.05, 4.69) is 5.32 Å². The van der Waals surface area contributed by atoms with Crippen LogP contribution in [0, 0.1) is 15.9 Å². The molecule has 0 aliphatic rings. The molecule has 2 aromatic rings. The maximum Gasteiger partial charge on any atom is 0.269 e. The summed E-state index contributed by atoms with van der Waals surface area (Å²) in [5.41, 5.74) is 0.635. The number of nitro groups is 1. The lowest BCUT2D eigenvalue weighted by Crippen LogP contribution is -2.13. The number of non-ortho nitro benzene ring substituents is 1. The Balaban J connectivity index is 2.32. The molecule has 1 atom stereocenters. The smallest absolute Gasteiger partial charge is 0.269 e. The van der Waals surface area contributed by atoms with Crippen molar-refractivity contribution in [3.05, 3.63) is 64.0 Å². The fraction of sp³-hybridized carbons (Fsp3) is 0.200. The lowest BCUT2D eigenvalue weighted by atomic mass is 10.1. The van der Waals surface area contributed by atoms with Gasteiger partial charge < -0.3 is 10.1 Å². The first-order valence-electron chi connectivity index (χ1n) is 6.41. The zero-order valence-electron chi connectivity index (χ0n) is 11.7. The molecule has 21 heavy (non-hydrogen) atoms. The standard InChI is InChI=1S/C15H15FN2O3/c1-10(17-2)13-4-3-5-14(16)15(13)21-12-8-6-11(7-9-12)18(19)20/h3-10,17H,1-2H3. The molecule has 0 fully saturated rings. The number of para-hydroxylation sites is 1. The van der Waals surface area contributed by atoms with Crippen molar-refractivity contribution in [2.75, 3.05) is 7.05 Å². The van der Waals surface area contributed by atoms with Gasteiger partial charge in [-0.1, -0.05) is 12.1 Å². The molecular weight excluding hydrogens is 275 g/mol. The number of halogens is 1. The Hall–Kier alpha value is -2.47. The van der Waals surface area contributed by atoms with Crippen molar-refractivity contribution in [2.24, 2.45) is 0 Å². The lowest BCUT2D eigenvalue weighted by molar-refractivity contribution is -0.384. The summed E-state index contributed by atoms with van der Waals surface area (Å²) in [5.74, 6) is -0.0172. The minimum Gasteiger partial charge on any atom is -0.454 e. The van der Waals surface area contributed by atoms with Crippen LogP contribution in [0.1, 0.15) is 18.5 Å². The molecule has 0 aromatic heterocycles. The lowest BCUT2D eigenvalue weighted by Gasteiger charge is -2.16. The quantitative estimate of drug-likeness (QED) is 0.672. The SMILES string of the molecule is CNC(C)c1cccc(F)c1Oc1ccc([N+](=O)[O-])cc1. The van der Waals surface area contributed by atoms with Gasteiger partial charge in [-0.05, 0) is 32.2 Å². The minimum absolute atomic E-state index is 0.0419. The van der Waals surface area contributed by atoms with Crippen LogP contribution >= 0.6 is 0 Å². The van der Waals surface area contributed by atoms with Crippen molar-refractivity contribution >= 4 is 5.69 Å². The van der Waals surface area contributed by atoms with E-state index in [-0.39, 0.29) is 17.5 Å². The highest BCUT2D eigenvalue weighted by atomic mass is 19.1. The van der Waals surface area contributed by atoms with Gasteiger partial charge in [0.25, 0.3) is 5.69 Å². The highest BCUT2D eigenvalue weighted by molar-refractivity contribution is 5.43. The van der Waals surface area contributed by atoms with Crippen molar-refractivity contribution in [2.45, 2.75) is 13.0 Å². The zero-order chi connectivity index (χ0) is 15.4. The van der Waals surface area contributed by atoms with E-state index in [4.69, 9.17) is 4.74 Å². The Morgan fingerprint density at radius 2 is 1.90 bits per heavy atom. The average molecular weight is 290 g/mol. The summed E-state index contributed by atoms with van der Waals surface area (Å²) in [5, 5.41) is 13.6. The summed E-state index contributed by atoms with van der Waals surface area (Å²) in [6.45, 7) is 1.89. The van der Waals surface area contributed by atoms with E-state index in [0.717, 1.165) is 0 Å². The maximum atomic E-state index is 14.0. The van der Waals surface area contributed by atoms with Gasteiger partial charge >= 0.3 is 0 Å². The summed E-state index contributed by atoms with van der Waals surface area (Å²) >= 11 is 0. The van der Waals surface area contributed by atoms with Crippen LogP contribution in [0.25, 0.3) is 0 Å². The second-order valence-corrected chi connectivity index (χ2v) is 4.52. The van der Waals surface area contributed by atoms with Gasteiger partial charge in [0.05, 0.1) is 4.92 Å². The third-order valence-electron chi connectivity index (χ3n) is 3.16. The molecule has 0 heterocycles. The van der Waals surface area contributed by atoms with Gasteiger partial charge in [0.1, 0.15) is 5.75 Å². The molecule has 0 spiro atoms. The Bertz CT molecular complexity index is 644. The van der Waals surface area contributed by atoms with Gasteiger partial charge in [-0.15, -0.1) is 0 Å². The Labute approximate surface area is 121 Å². The predicted molar refractivity (Wildman–Crippen MR) is 77.0 cm³/mol. The topological polar surface area (TPSA) is 64.4 Å². The summed E-state index contributed by atoms with van der Waals surface area (Å²) in [6, 6.07) is 10.1. The molecule has 1 N–H and O–H groups in total. The van der Waals surface area contributed by atoms with Crippen LogP contribution in [-0.2, 0) is 0 Å². The van der Waals surface area contributed by atoms with Gasteiger partial charge in [-0.3, -0.25) is 10.1 Å². The number of benzene rings is 2. The number of rotatable bonds is 5. The van der Waals surface area contributed by atoms with Gasteiger partial charge in [0, 0.05) is 23.7 Å². The fourth-order valence-electron chi connectivity index (χ4n) is 1.88. The Morgan fingerprint density at radius 1 is 1.24 bits per heavy atom. The van der Waals surface area contributed by atoms with Crippen LogP contribution in [0.3, 0.4) is 0 Å². The van der Waals surface area contributed by atoms with E-state index in [1.165, 1.54) is 30.3 Å². The molecule has 5 nitrogen and oxygen atoms in total. The molecule has 0 aliphatic heterocycles. The van der Waals surface area contributed by atoms with Crippen LogP contribution in [0.2, 0.25) is 0 Å². The molecule has 2 rings (SSSR count). The van der Waals surface area contributed by atoms with Crippen LogP contribution in [0.4, 0.5) is 10.1 Å². The second-order valence-electron chi connectivity index (χ2n) is 4.52. The van der Waals surface area contributed by atoms with Crippen molar-refractivity contribution < 1.29 is 14.1 Å². The molecule has 2 aromatic carbocycles. The third kappa shape index (κ3) is 3.35. The van der Waals surface area contributed by atoms with Crippen LogP contribution in [0.15, 0.2) is 42.5 Å². The van der Waals surface area contributed by atoms with E-state index in [1.807, 2.05) is 6.92 Å². The van der Waals surface area contributed by atoms with Crippen molar-refractivity contribution in [1.29, 1.82) is 0 Å². The summed E-state index contributed by atoms with van der Waals surface area (Å²) < 4.78 is 19.5. The summed E-state index contributed by atoms with van der Waals surface area (Å²) in [4.78, 5) is 10.1. The average Bonchev–Trinajstić information content (AvgIpc) is 2.49. The predicted octanol–water partition coefficient (Wildman–Crippen LogP) is 3.81. The summed E-state index contributed by atoms with van der Waals surface area (Å²) in [6.07, 6.45) is 0. The number of nitro benzene ring substituents is 1. The third-order valence-corrected chi connectivity index (χ3v) is 3.16. The Kier molecular flexibility index (Phi) is 4.49. The van der Waals surface area contributed by atoms with Crippen LogP contribution in [0.5, 0.6) is 11.5 Å². The Morgan fingerprint density at radius 3 is 2.48 bits per heavy atom. The number of hydrogen-bond donors (Lipinski definition) is 1. The van der Waals surface area contributed by atoms with E-state index in [1.54, 1.807) is 19.2 Å². The number of hydrogen-bond acceptors (Lipinski definition) is 4. The van der Waals surface area contributed by atoms with E-state index < -0.39 is 10.7 Å². The van der Waals surface area contributed by atoms with Crippen LogP contribution in [-0.4, -0.2) is 12.0 Å². The van der Waals surface area contributed by atoms with Crippen molar-refractivity contribution in [3.63, 3.8) is 0 Å². The number of nitrogens with one attached hydrogen (secondary N) is 1. The molecule has 0 bridgehead atoms. The molecular formula is C15H15FN2O3. The number of nitrogens with zero attached hydrogens (tertiary/aromatic N) is 1. The van der Waals surface area contributed by atoms with Gasteiger partial charge in [-0.25, -0.2) is 4.39 Å². The second kappa shape index (κ2) is 6.32. The molecule has 0 saturated carbocycles. The largest absolute Gasteiger partial charge is 0.454 e. The van der Waals surface area contributed by atoms with Crippen molar-refractivity contribution in [3.8, 4) is 11.5 Å². The molecule has 6 heteroatoms. The zero-order valence-corrected chi connectivity index (χ0v) is 11.7.